The maximum Gasteiger partial charge on any atom is 0.314 e. The SMILES string of the molecule is COc1cc(C)c(Cl)c(C)c1CN(C)C(N)=O. The minimum Gasteiger partial charge on any atom is -0.496 e. The van der Waals surface area contributed by atoms with E-state index in [9.17, 15) is 4.79 Å². The predicted molar refractivity (Wildman–Crippen MR) is 68.5 cm³/mol. The summed E-state index contributed by atoms with van der Waals surface area (Å²) in [6.07, 6.45) is 0. The summed E-state index contributed by atoms with van der Waals surface area (Å²) in [5.74, 6) is 0.720. The molecule has 0 saturated heterocycles. The van der Waals surface area contributed by atoms with Crippen molar-refractivity contribution in [2.24, 2.45) is 5.73 Å². The van der Waals surface area contributed by atoms with Crippen molar-refractivity contribution in [3.05, 3.63) is 27.8 Å². The van der Waals surface area contributed by atoms with Crippen molar-refractivity contribution in [2.75, 3.05) is 14.2 Å². The van der Waals surface area contributed by atoms with Gasteiger partial charge in [-0.2, -0.15) is 0 Å². The van der Waals surface area contributed by atoms with Crippen LogP contribution in [-0.4, -0.2) is 25.1 Å². The van der Waals surface area contributed by atoms with Crippen LogP contribution < -0.4 is 10.5 Å². The Hall–Kier alpha value is -1.42. The number of hydrogen-bond acceptors (Lipinski definition) is 2. The number of rotatable bonds is 3. The van der Waals surface area contributed by atoms with Crippen LogP contribution in [-0.2, 0) is 6.54 Å². The molecular weight excluding hydrogens is 240 g/mol. The summed E-state index contributed by atoms with van der Waals surface area (Å²) in [6.45, 7) is 4.20. The molecule has 0 fully saturated rings. The molecule has 0 aliphatic rings. The summed E-state index contributed by atoms with van der Waals surface area (Å²) >= 11 is 6.18. The van der Waals surface area contributed by atoms with Gasteiger partial charge in [0.05, 0.1) is 13.7 Å². The van der Waals surface area contributed by atoms with Crippen molar-refractivity contribution in [3.8, 4) is 5.75 Å². The monoisotopic (exact) mass is 256 g/mol. The minimum absolute atomic E-state index is 0.379. The Morgan fingerprint density at radius 3 is 2.59 bits per heavy atom. The van der Waals surface area contributed by atoms with Gasteiger partial charge in [0.1, 0.15) is 5.75 Å². The van der Waals surface area contributed by atoms with Crippen molar-refractivity contribution in [1.82, 2.24) is 4.90 Å². The molecule has 2 N–H and O–H groups in total. The van der Waals surface area contributed by atoms with Crippen LogP contribution in [0.25, 0.3) is 0 Å². The van der Waals surface area contributed by atoms with Crippen LogP contribution in [0.2, 0.25) is 5.02 Å². The third kappa shape index (κ3) is 2.82. The quantitative estimate of drug-likeness (QED) is 0.903. The maximum absolute atomic E-state index is 11.0. The number of primary amides is 1. The molecule has 2 amide bonds. The topological polar surface area (TPSA) is 55.6 Å². The molecule has 94 valence electrons. The van der Waals surface area contributed by atoms with E-state index in [0.717, 1.165) is 22.4 Å². The van der Waals surface area contributed by atoms with Crippen molar-refractivity contribution >= 4 is 17.6 Å². The molecule has 0 heterocycles. The molecule has 0 saturated carbocycles. The second-order valence-electron chi connectivity index (χ2n) is 4.01. The van der Waals surface area contributed by atoms with Gasteiger partial charge in [-0.1, -0.05) is 11.6 Å². The second kappa shape index (κ2) is 5.27. The first-order chi connectivity index (χ1) is 7.88. The second-order valence-corrected chi connectivity index (χ2v) is 4.39. The lowest BCUT2D eigenvalue weighted by atomic mass is 10.0. The minimum atomic E-state index is -0.483. The first kappa shape index (κ1) is 13.6. The van der Waals surface area contributed by atoms with E-state index in [0.29, 0.717) is 11.6 Å². The molecule has 5 heteroatoms. The third-order valence-corrected chi connectivity index (χ3v) is 3.35. The van der Waals surface area contributed by atoms with Crippen molar-refractivity contribution < 1.29 is 9.53 Å². The van der Waals surface area contributed by atoms with Gasteiger partial charge < -0.3 is 15.4 Å². The fraction of sp³-hybridized carbons (Fsp3) is 0.417. The molecule has 1 aromatic carbocycles. The summed E-state index contributed by atoms with van der Waals surface area (Å²) in [4.78, 5) is 12.5. The molecule has 0 aromatic heterocycles. The number of ether oxygens (including phenoxy) is 1. The van der Waals surface area contributed by atoms with Gasteiger partial charge in [0, 0.05) is 17.6 Å². The van der Waals surface area contributed by atoms with Crippen molar-refractivity contribution in [2.45, 2.75) is 20.4 Å². The lowest BCUT2D eigenvalue weighted by Crippen LogP contribution is -2.31. The lowest BCUT2D eigenvalue weighted by molar-refractivity contribution is 0.216. The molecule has 1 rings (SSSR count). The molecule has 1 aromatic rings. The number of aryl methyl sites for hydroxylation is 1. The van der Waals surface area contributed by atoms with Gasteiger partial charge in [-0.25, -0.2) is 4.79 Å². The van der Waals surface area contributed by atoms with Crippen LogP contribution in [0.3, 0.4) is 0 Å². The standard InChI is InChI=1S/C12H17ClN2O2/c1-7-5-10(17-4)9(8(2)11(7)13)6-15(3)12(14)16/h5H,6H2,1-4H3,(H2,14,16). The maximum atomic E-state index is 11.0. The average Bonchev–Trinajstić information content (AvgIpc) is 2.29. The number of hydrogen-bond donors (Lipinski definition) is 1. The van der Waals surface area contributed by atoms with E-state index in [-0.39, 0.29) is 0 Å². The first-order valence-electron chi connectivity index (χ1n) is 5.21. The molecule has 0 radical (unpaired) electrons. The van der Waals surface area contributed by atoms with Crippen LogP contribution >= 0.6 is 11.6 Å². The van der Waals surface area contributed by atoms with Crippen molar-refractivity contribution in [1.29, 1.82) is 0 Å². The fourth-order valence-electron chi connectivity index (χ4n) is 1.65. The van der Waals surface area contributed by atoms with Gasteiger partial charge in [0.15, 0.2) is 0 Å². The van der Waals surface area contributed by atoms with Crippen molar-refractivity contribution in [3.63, 3.8) is 0 Å². The van der Waals surface area contributed by atoms with Crippen LogP contribution in [0.1, 0.15) is 16.7 Å². The van der Waals surface area contributed by atoms with E-state index in [1.165, 1.54) is 4.90 Å². The average molecular weight is 257 g/mol. The summed E-state index contributed by atoms with van der Waals surface area (Å²) in [5.41, 5.74) is 7.95. The third-order valence-electron chi connectivity index (χ3n) is 2.76. The molecule has 0 atom stereocenters. The molecule has 0 aliphatic carbocycles. The Labute approximate surface area is 106 Å². The zero-order valence-corrected chi connectivity index (χ0v) is 11.3. The highest BCUT2D eigenvalue weighted by atomic mass is 35.5. The Kier molecular flexibility index (Phi) is 4.23. The zero-order chi connectivity index (χ0) is 13.2. The number of nitrogens with zero attached hydrogens (tertiary/aromatic N) is 1. The molecular formula is C12H17ClN2O2. The van der Waals surface area contributed by atoms with Gasteiger partial charge in [0.2, 0.25) is 0 Å². The normalized spacial score (nSPS) is 10.2. The number of carbonyl (C=O) groups excluding carboxylic acids is 1. The molecule has 17 heavy (non-hydrogen) atoms. The van der Waals surface area contributed by atoms with Crippen LogP contribution in [0.15, 0.2) is 6.07 Å². The molecule has 0 unspecified atom stereocenters. The summed E-state index contributed by atoms with van der Waals surface area (Å²) < 4.78 is 5.31. The smallest absolute Gasteiger partial charge is 0.314 e. The number of benzene rings is 1. The fourth-order valence-corrected chi connectivity index (χ4v) is 1.82. The van der Waals surface area contributed by atoms with E-state index < -0.39 is 6.03 Å². The number of halogens is 1. The zero-order valence-electron chi connectivity index (χ0n) is 10.5. The summed E-state index contributed by atoms with van der Waals surface area (Å²) in [5, 5.41) is 0.693. The van der Waals surface area contributed by atoms with Gasteiger partial charge in [0.25, 0.3) is 0 Å². The Morgan fingerprint density at radius 2 is 2.12 bits per heavy atom. The number of carbonyl (C=O) groups is 1. The van der Waals surface area contributed by atoms with Gasteiger partial charge in [-0.3, -0.25) is 0 Å². The number of methoxy groups -OCH3 is 1. The molecule has 0 bridgehead atoms. The highest BCUT2D eigenvalue weighted by Crippen LogP contribution is 2.32. The van der Waals surface area contributed by atoms with E-state index in [1.807, 2.05) is 19.9 Å². The van der Waals surface area contributed by atoms with Crippen LogP contribution in [0, 0.1) is 13.8 Å². The molecule has 4 nitrogen and oxygen atoms in total. The van der Waals surface area contributed by atoms with Gasteiger partial charge in [-0.05, 0) is 31.0 Å². The first-order valence-corrected chi connectivity index (χ1v) is 5.59. The predicted octanol–water partition coefficient (Wildman–Crippen LogP) is 2.48. The molecule has 0 spiro atoms. The Morgan fingerprint density at radius 1 is 1.53 bits per heavy atom. The van der Waals surface area contributed by atoms with Gasteiger partial charge in [-0.15, -0.1) is 0 Å². The van der Waals surface area contributed by atoms with Crippen LogP contribution in [0.5, 0.6) is 5.75 Å². The summed E-state index contributed by atoms with van der Waals surface area (Å²) in [6, 6.07) is 1.38. The van der Waals surface area contributed by atoms with Crippen LogP contribution in [0.4, 0.5) is 4.79 Å². The number of amides is 2. The number of urea groups is 1. The summed E-state index contributed by atoms with van der Waals surface area (Å²) in [7, 11) is 3.23. The van der Waals surface area contributed by atoms with E-state index in [1.54, 1.807) is 14.2 Å². The number of nitrogens with two attached hydrogens (primary N) is 1. The van der Waals surface area contributed by atoms with E-state index in [4.69, 9.17) is 22.1 Å². The van der Waals surface area contributed by atoms with E-state index in [2.05, 4.69) is 0 Å². The molecule has 0 aliphatic heterocycles. The Bertz CT molecular complexity index is 447. The lowest BCUT2D eigenvalue weighted by Gasteiger charge is -2.20. The van der Waals surface area contributed by atoms with Gasteiger partial charge >= 0.3 is 6.03 Å². The van der Waals surface area contributed by atoms with E-state index >= 15 is 0 Å². The highest BCUT2D eigenvalue weighted by Gasteiger charge is 2.15. The highest BCUT2D eigenvalue weighted by molar-refractivity contribution is 6.32. The Balaban J connectivity index is 3.21. The largest absolute Gasteiger partial charge is 0.496 e.